The third-order valence-corrected chi connectivity index (χ3v) is 9.80. The van der Waals surface area contributed by atoms with Crippen molar-refractivity contribution in [2.24, 2.45) is 5.41 Å². The van der Waals surface area contributed by atoms with Crippen LogP contribution >= 0.6 is 11.9 Å². The van der Waals surface area contributed by atoms with Gasteiger partial charge >= 0.3 is 0 Å². The molecule has 1 spiro atoms. The maximum atomic E-state index is 13.5. The number of rotatable bonds is 9. The van der Waals surface area contributed by atoms with E-state index in [0.29, 0.717) is 11.0 Å². The first-order chi connectivity index (χ1) is 17.4. The first kappa shape index (κ1) is 24.1. The molecule has 36 heavy (non-hydrogen) atoms. The number of aliphatic hydroxyl groups excluding tert-OH is 1. The maximum Gasteiger partial charge on any atom is 0.259 e. The predicted octanol–water partition coefficient (Wildman–Crippen LogP) is 5.19. The van der Waals surface area contributed by atoms with E-state index in [1.165, 1.54) is 44.9 Å². The van der Waals surface area contributed by atoms with Gasteiger partial charge in [-0.2, -0.15) is 0 Å². The highest BCUT2D eigenvalue weighted by atomic mass is 32.2. The van der Waals surface area contributed by atoms with Crippen molar-refractivity contribution < 1.29 is 9.90 Å². The Hall–Kier alpha value is -2.29. The summed E-state index contributed by atoms with van der Waals surface area (Å²) in [6.45, 7) is 4.22. The topological polar surface area (TPSA) is 89.5 Å². The van der Waals surface area contributed by atoms with Gasteiger partial charge in [-0.15, -0.1) is 0 Å². The van der Waals surface area contributed by atoms with Crippen LogP contribution in [0.4, 0.5) is 17.3 Å². The molecule has 192 valence electrons. The molecule has 1 amide bonds. The van der Waals surface area contributed by atoms with Crippen LogP contribution in [0.1, 0.15) is 75.1 Å². The molecule has 0 radical (unpaired) electrons. The molecule has 8 heteroatoms. The molecule has 1 aromatic heterocycles. The first-order valence-corrected chi connectivity index (χ1v) is 14.2. The number of anilines is 3. The lowest BCUT2D eigenvalue weighted by Gasteiger charge is -2.38. The van der Waals surface area contributed by atoms with Gasteiger partial charge in [-0.25, -0.2) is 4.98 Å². The fourth-order valence-electron chi connectivity index (χ4n) is 5.38. The van der Waals surface area contributed by atoms with Crippen molar-refractivity contribution in [2.45, 2.75) is 80.7 Å². The summed E-state index contributed by atoms with van der Waals surface area (Å²) in [6, 6.07) is 11.8. The van der Waals surface area contributed by atoms with Crippen LogP contribution in [0.3, 0.4) is 0 Å². The average molecular weight is 508 g/mol. The van der Waals surface area contributed by atoms with Crippen LogP contribution in [0.25, 0.3) is 0 Å². The summed E-state index contributed by atoms with van der Waals surface area (Å²) < 4.78 is 3.58. The number of pyridine rings is 1. The molecule has 6 rings (SSSR count). The number of carbonyl (C=O) groups excluding carboxylic acids is 1. The molecule has 7 nitrogen and oxygen atoms in total. The van der Waals surface area contributed by atoms with Gasteiger partial charge in [-0.1, -0.05) is 6.07 Å². The van der Waals surface area contributed by atoms with E-state index in [-0.39, 0.29) is 23.6 Å². The minimum absolute atomic E-state index is 0.0981. The number of hydrogen-bond acceptors (Lipinski definition) is 7. The normalized spacial score (nSPS) is 22.6. The van der Waals surface area contributed by atoms with Crippen molar-refractivity contribution >= 4 is 35.2 Å². The number of nitrogens with zero attached hydrogens (tertiary/aromatic N) is 2. The lowest BCUT2D eigenvalue weighted by molar-refractivity contribution is 0.102. The number of hydrogen-bond donors (Lipinski definition) is 4. The van der Waals surface area contributed by atoms with E-state index in [2.05, 4.69) is 33.2 Å². The summed E-state index contributed by atoms with van der Waals surface area (Å²) in [5.41, 5.74) is 1.89. The first-order valence-electron chi connectivity index (χ1n) is 13.4. The smallest absolute Gasteiger partial charge is 0.259 e. The number of amides is 1. The number of carbonyl (C=O) groups is 1. The zero-order valence-electron chi connectivity index (χ0n) is 21.1. The summed E-state index contributed by atoms with van der Waals surface area (Å²) in [5, 5.41) is 16.3. The van der Waals surface area contributed by atoms with Gasteiger partial charge in [0.05, 0.1) is 17.7 Å². The highest BCUT2D eigenvalue weighted by Crippen LogP contribution is 2.54. The molecule has 0 unspecified atom stereocenters. The fourth-order valence-corrected chi connectivity index (χ4v) is 6.28. The molecule has 4 fully saturated rings. The van der Waals surface area contributed by atoms with Crippen LogP contribution in [0.2, 0.25) is 0 Å². The molecule has 2 aromatic rings. The zero-order chi connectivity index (χ0) is 24.8. The van der Waals surface area contributed by atoms with E-state index in [4.69, 9.17) is 4.98 Å². The largest absolute Gasteiger partial charge is 0.394 e. The van der Waals surface area contributed by atoms with Gasteiger partial charge in [-0.05, 0) is 112 Å². The van der Waals surface area contributed by atoms with Crippen LogP contribution in [-0.4, -0.2) is 46.8 Å². The molecule has 1 aliphatic heterocycles. The van der Waals surface area contributed by atoms with Crippen molar-refractivity contribution in [3.05, 3.63) is 42.0 Å². The van der Waals surface area contributed by atoms with Gasteiger partial charge in [0.1, 0.15) is 11.6 Å². The quantitative estimate of drug-likeness (QED) is 0.347. The van der Waals surface area contributed by atoms with Gasteiger partial charge in [0.25, 0.3) is 5.91 Å². The van der Waals surface area contributed by atoms with Gasteiger partial charge < -0.3 is 20.6 Å². The molecule has 1 saturated heterocycles. The van der Waals surface area contributed by atoms with Gasteiger partial charge in [0, 0.05) is 29.2 Å². The molecular weight excluding hydrogens is 470 g/mol. The van der Waals surface area contributed by atoms with Crippen LogP contribution in [0.15, 0.2) is 41.3 Å². The van der Waals surface area contributed by atoms with Crippen LogP contribution in [0.5, 0.6) is 0 Å². The molecule has 1 aromatic carbocycles. The minimum atomic E-state index is -0.253. The molecule has 3 aliphatic carbocycles. The number of benzene rings is 1. The molecule has 3 saturated carbocycles. The summed E-state index contributed by atoms with van der Waals surface area (Å²) in [7, 11) is 0. The van der Waals surface area contributed by atoms with Crippen molar-refractivity contribution in [1.82, 2.24) is 9.71 Å². The Balaban J connectivity index is 1.19. The SMILES string of the molecule is CC1(NSc2cccc(NC(=O)c3ccc(NC4(CO)CC4)nc3N3CCC4(CC3)CC4)c2)CCC1. The molecule has 4 N–H and O–H groups in total. The van der Waals surface area contributed by atoms with Crippen molar-refractivity contribution in [2.75, 3.05) is 35.2 Å². The van der Waals surface area contributed by atoms with Crippen molar-refractivity contribution in [1.29, 1.82) is 0 Å². The average Bonchev–Trinajstić information content (AvgIpc) is 3.81. The number of piperidine rings is 1. The summed E-state index contributed by atoms with van der Waals surface area (Å²) in [6.07, 6.45) is 10.6. The lowest BCUT2D eigenvalue weighted by atomic mass is 9.80. The van der Waals surface area contributed by atoms with Gasteiger partial charge in [0.15, 0.2) is 0 Å². The fraction of sp³-hybridized carbons (Fsp3) is 0.571. The number of nitrogens with one attached hydrogen (secondary N) is 3. The second kappa shape index (κ2) is 9.23. The summed E-state index contributed by atoms with van der Waals surface area (Å²) >= 11 is 1.64. The van der Waals surface area contributed by atoms with E-state index >= 15 is 0 Å². The highest BCUT2D eigenvalue weighted by Gasteiger charge is 2.45. The summed E-state index contributed by atoms with van der Waals surface area (Å²) in [5.74, 6) is 1.33. The molecule has 2 heterocycles. The van der Waals surface area contributed by atoms with Crippen LogP contribution in [-0.2, 0) is 0 Å². The third kappa shape index (κ3) is 5.08. The molecule has 4 aliphatic rings. The highest BCUT2D eigenvalue weighted by molar-refractivity contribution is 7.97. The Bertz CT molecular complexity index is 1130. The second-order valence-corrected chi connectivity index (χ2v) is 12.6. The maximum absolute atomic E-state index is 13.5. The molecular formula is C28H37N5O2S. The monoisotopic (exact) mass is 507 g/mol. The van der Waals surface area contributed by atoms with Crippen molar-refractivity contribution in [3.63, 3.8) is 0 Å². The van der Waals surface area contributed by atoms with E-state index < -0.39 is 0 Å². The van der Waals surface area contributed by atoms with E-state index in [1.807, 2.05) is 30.3 Å². The Labute approximate surface area is 218 Å². The Morgan fingerprint density at radius 3 is 2.47 bits per heavy atom. The van der Waals surface area contributed by atoms with Crippen LogP contribution < -0.4 is 20.3 Å². The standard InChI is InChI=1S/C28H37N5O2S/c1-26(8-3-9-26)32-36-21-5-2-4-20(18-21)29-25(35)22-6-7-23(31-28(19-34)12-13-28)30-24(22)33-16-14-27(10-11-27)15-17-33/h2,4-7,18,32,34H,3,8-17,19H2,1H3,(H,29,35)(H,30,31). The van der Waals surface area contributed by atoms with Gasteiger partial charge in [-0.3, -0.25) is 9.52 Å². The Kier molecular flexibility index (Phi) is 6.17. The lowest BCUT2D eigenvalue weighted by Crippen LogP contribution is -2.44. The van der Waals surface area contributed by atoms with Crippen molar-refractivity contribution in [3.8, 4) is 0 Å². The van der Waals surface area contributed by atoms with E-state index in [9.17, 15) is 9.90 Å². The Morgan fingerprint density at radius 2 is 1.83 bits per heavy atom. The third-order valence-electron chi connectivity index (χ3n) is 8.71. The zero-order valence-corrected chi connectivity index (χ0v) is 21.9. The predicted molar refractivity (Wildman–Crippen MR) is 146 cm³/mol. The number of aliphatic hydroxyl groups is 1. The Morgan fingerprint density at radius 1 is 1.06 bits per heavy atom. The number of aromatic nitrogens is 1. The van der Waals surface area contributed by atoms with E-state index in [1.54, 1.807) is 11.9 Å². The van der Waals surface area contributed by atoms with E-state index in [0.717, 1.165) is 48.1 Å². The van der Waals surface area contributed by atoms with Crippen LogP contribution in [0, 0.1) is 5.41 Å². The van der Waals surface area contributed by atoms with Gasteiger partial charge in [0.2, 0.25) is 0 Å². The second-order valence-electron chi connectivity index (χ2n) is 11.7. The minimum Gasteiger partial charge on any atom is -0.394 e. The molecule has 0 atom stereocenters. The summed E-state index contributed by atoms with van der Waals surface area (Å²) in [4.78, 5) is 21.8. The molecule has 0 bridgehead atoms.